The van der Waals surface area contributed by atoms with Crippen molar-refractivity contribution in [1.82, 2.24) is 20.1 Å². The van der Waals surface area contributed by atoms with Gasteiger partial charge in [0.25, 0.3) is 5.89 Å². The van der Waals surface area contributed by atoms with Crippen LogP contribution in [0.4, 0.5) is 5.95 Å². The average Bonchev–Trinajstić information content (AvgIpc) is 3.19. The number of hydrogen-bond acceptors (Lipinski definition) is 7. The smallest absolute Gasteiger partial charge is 0.257 e. The molecule has 29 heavy (non-hydrogen) atoms. The molecule has 0 unspecified atom stereocenters. The lowest BCUT2D eigenvalue weighted by Crippen LogP contribution is -2.36. The number of rotatable bonds is 4. The molecule has 5 rings (SSSR count). The summed E-state index contributed by atoms with van der Waals surface area (Å²) in [6, 6.07) is 15.1. The van der Waals surface area contributed by atoms with E-state index >= 15 is 0 Å². The topological polar surface area (TPSA) is 111 Å². The first-order valence-corrected chi connectivity index (χ1v) is 9.46. The summed E-state index contributed by atoms with van der Waals surface area (Å²) < 4.78 is 5.53. The fourth-order valence-electron chi connectivity index (χ4n) is 3.78. The molecule has 0 saturated heterocycles. The monoisotopic (exact) mass is 385 g/mol. The molecule has 3 N–H and O–H groups in total. The van der Waals surface area contributed by atoms with Crippen LogP contribution in [0.3, 0.4) is 0 Å². The molecule has 0 spiro atoms. The van der Waals surface area contributed by atoms with Gasteiger partial charge >= 0.3 is 0 Å². The number of phenolic OH excluding ortho intramolecular Hbond substituents is 1. The molecule has 2 aromatic carbocycles. The Morgan fingerprint density at radius 1 is 0.862 bits per heavy atom. The van der Waals surface area contributed by atoms with Gasteiger partial charge in [0.15, 0.2) is 5.82 Å². The number of anilines is 1. The zero-order valence-electron chi connectivity index (χ0n) is 15.6. The van der Waals surface area contributed by atoms with Gasteiger partial charge in [-0.1, -0.05) is 35.8 Å². The predicted molar refractivity (Wildman–Crippen MR) is 108 cm³/mol. The Morgan fingerprint density at radius 3 is 2.14 bits per heavy atom. The molecule has 7 nitrogen and oxygen atoms in total. The molecule has 1 saturated carbocycles. The van der Waals surface area contributed by atoms with Gasteiger partial charge in [-0.25, -0.2) is 9.97 Å². The zero-order valence-corrected chi connectivity index (χ0v) is 15.6. The van der Waals surface area contributed by atoms with E-state index in [9.17, 15) is 5.11 Å². The maximum atomic E-state index is 9.47. The predicted octanol–water partition coefficient (Wildman–Crippen LogP) is 3.95. The molecule has 1 aliphatic rings. The third kappa shape index (κ3) is 3.00. The molecule has 0 aliphatic heterocycles. The van der Waals surface area contributed by atoms with Gasteiger partial charge in [0.2, 0.25) is 5.95 Å². The lowest BCUT2D eigenvalue weighted by atomic mass is 9.64. The third-order valence-corrected chi connectivity index (χ3v) is 5.62. The van der Waals surface area contributed by atoms with Crippen LogP contribution in [0.2, 0.25) is 0 Å². The summed E-state index contributed by atoms with van der Waals surface area (Å²) in [5.41, 5.74) is 9.25. The van der Waals surface area contributed by atoms with Crippen LogP contribution in [0, 0.1) is 0 Å². The Hall–Kier alpha value is -3.74. The van der Waals surface area contributed by atoms with Crippen molar-refractivity contribution in [3.05, 3.63) is 72.3 Å². The maximum Gasteiger partial charge on any atom is 0.257 e. The van der Waals surface area contributed by atoms with Crippen LogP contribution < -0.4 is 5.73 Å². The minimum atomic E-state index is -0.227. The van der Waals surface area contributed by atoms with Crippen molar-refractivity contribution in [2.45, 2.75) is 24.7 Å². The summed E-state index contributed by atoms with van der Waals surface area (Å²) in [5.74, 6) is 1.63. The standard InChI is InChI=1S/C22H19N5O2/c23-21-24-12-16(13-25-21)14-2-6-17(7-3-14)22(10-1-11-22)20-26-19(29-27-20)15-4-8-18(28)9-5-15/h2-9,12-13,28H,1,10-11H2,(H2,23,24,25). The highest BCUT2D eigenvalue weighted by molar-refractivity contribution is 5.63. The van der Waals surface area contributed by atoms with Crippen molar-refractivity contribution in [3.63, 3.8) is 0 Å². The fourth-order valence-corrected chi connectivity index (χ4v) is 3.78. The van der Waals surface area contributed by atoms with Gasteiger partial charge in [-0.2, -0.15) is 4.98 Å². The normalized spacial score (nSPS) is 15.0. The first kappa shape index (κ1) is 17.4. The fraction of sp³-hybridized carbons (Fsp3) is 0.182. The number of nitrogens with two attached hydrogens (primary N) is 1. The second-order valence-corrected chi connectivity index (χ2v) is 7.31. The van der Waals surface area contributed by atoms with Crippen molar-refractivity contribution in [2.24, 2.45) is 0 Å². The quantitative estimate of drug-likeness (QED) is 0.547. The summed E-state index contributed by atoms with van der Waals surface area (Å²) in [6.07, 6.45) is 6.52. The van der Waals surface area contributed by atoms with E-state index in [0.29, 0.717) is 11.7 Å². The van der Waals surface area contributed by atoms with Crippen LogP contribution in [0.25, 0.3) is 22.6 Å². The van der Waals surface area contributed by atoms with Crippen molar-refractivity contribution >= 4 is 5.95 Å². The highest BCUT2D eigenvalue weighted by Gasteiger charge is 2.44. The second-order valence-electron chi connectivity index (χ2n) is 7.31. The average molecular weight is 385 g/mol. The van der Waals surface area contributed by atoms with E-state index in [1.54, 1.807) is 36.7 Å². The van der Waals surface area contributed by atoms with Gasteiger partial charge in [-0.3, -0.25) is 0 Å². The molecule has 0 radical (unpaired) electrons. The summed E-state index contributed by atoms with van der Waals surface area (Å²) in [6.45, 7) is 0. The zero-order chi connectivity index (χ0) is 19.8. The summed E-state index contributed by atoms with van der Waals surface area (Å²) >= 11 is 0. The van der Waals surface area contributed by atoms with Crippen LogP contribution in [-0.4, -0.2) is 25.2 Å². The van der Waals surface area contributed by atoms with Gasteiger partial charge < -0.3 is 15.4 Å². The minimum Gasteiger partial charge on any atom is -0.508 e. The number of phenols is 1. The molecule has 0 bridgehead atoms. The van der Waals surface area contributed by atoms with E-state index in [1.165, 1.54) is 5.56 Å². The molecular formula is C22H19N5O2. The maximum absolute atomic E-state index is 9.47. The molecule has 4 aromatic rings. The summed E-state index contributed by atoms with van der Waals surface area (Å²) in [4.78, 5) is 12.8. The lowest BCUT2D eigenvalue weighted by Gasteiger charge is -2.39. The molecule has 2 heterocycles. The van der Waals surface area contributed by atoms with Gasteiger partial charge in [-0.15, -0.1) is 0 Å². The number of benzene rings is 2. The first-order valence-electron chi connectivity index (χ1n) is 9.46. The lowest BCUT2D eigenvalue weighted by molar-refractivity contribution is 0.273. The van der Waals surface area contributed by atoms with E-state index in [4.69, 9.17) is 10.3 Å². The number of hydrogen-bond donors (Lipinski definition) is 2. The van der Waals surface area contributed by atoms with Gasteiger partial charge in [0.05, 0.1) is 5.41 Å². The van der Waals surface area contributed by atoms with Gasteiger partial charge in [0, 0.05) is 23.5 Å². The number of aromatic nitrogens is 4. The van der Waals surface area contributed by atoms with Gasteiger partial charge in [0.1, 0.15) is 5.75 Å². The summed E-state index contributed by atoms with van der Waals surface area (Å²) in [5, 5.41) is 13.8. The molecule has 2 aromatic heterocycles. The molecule has 144 valence electrons. The number of nitrogens with zero attached hydrogens (tertiary/aromatic N) is 4. The van der Waals surface area contributed by atoms with Crippen LogP contribution in [0.5, 0.6) is 5.75 Å². The third-order valence-electron chi connectivity index (χ3n) is 5.62. The van der Waals surface area contributed by atoms with E-state index in [0.717, 1.165) is 36.0 Å². The Morgan fingerprint density at radius 2 is 1.52 bits per heavy atom. The van der Waals surface area contributed by atoms with E-state index < -0.39 is 0 Å². The summed E-state index contributed by atoms with van der Waals surface area (Å²) in [7, 11) is 0. The molecule has 1 fully saturated rings. The largest absolute Gasteiger partial charge is 0.508 e. The van der Waals surface area contributed by atoms with Crippen molar-refractivity contribution in [1.29, 1.82) is 0 Å². The van der Waals surface area contributed by atoms with Crippen LogP contribution in [0.1, 0.15) is 30.7 Å². The number of nitrogen functional groups attached to an aromatic ring is 1. The second kappa shape index (κ2) is 6.70. The Labute approximate surface area is 167 Å². The molecule has 0 amide bonds. The first-order chi connectivity index (χ1) is 14.1. The van der Waals surface area contributed by atoms with Crippen LogP contribution >= 0.6 is 0 Å². The molecule has 1 aliphatic carbocycles. The van der Waals surface area contributed by atoms with Crippen LogP contribution in [0.15, 0.2) is 65.4 Å². The molecule has 7 heteroatoms. The SMILES string of the molecule is Nc1ncc(-c2ccc(C3(c4noc(-c5ccc(O)cc5)n4)CCC3)cc2)cn1. The number of aromatic hydroxyl groups is 1. The highest BCUT2D eigenvalue weighted by Crippen LogP contribution is 2.48. The van der Waals surface area contributed by atoms with E-state index in [-0.39, 0.29) is 17.1 Å². The van der Waals surface area contributed by atoms with Crippen molar-refractivity contribution in [3.8, 4) is 28.3 Å². The van der Waals surface area contributed by atoms with E-state index in [2.05, 4.69) is 44.4 Å². The Bertz CT molecular complexity index is 1130. The van der Waals surface area contributed by atoms with Crippen molar-refractivity contribution < 1.29 is 9.63 Å². The Kier molecular flexibility index (Phi) is 4.01. The van der Waals surface area contributed by atoms with Gasteiger partial charge in [-0.05, 0) is 48.2 Å². The minimum absolute atomic E-state index is 0.204. The van der Waals surface area contributed by atoms with E-state index in [1.807, 2.05) is 0 Å². The molecule has 0 atom stereocenters. The molecular weight excluding hydrogens is 366 g/mol. The van der Waals surface area contributed by atoms with Crippen molar-refractivity contribution in [2.75, 3.05) is 5.73 Å². The Balaban J connectivity index is 1.46. The van der Waals surface area contributed by atoms with Crippen LogP contribution in [-0.2, 0) is 5.41 Å². The highest BCUT2D eigenvalue weighted by atomic mass is 16.5.